The van der Waals surface area contributed by atoms with E-state index in [0.717, 1.165) is 94.1 Å². The van der Waals surface area contributed by atoms with Crippen LogP contribution in [0.3, 0.4) is 0 Å². The van der Waals surface area contributed by atoms with Crippen molar-refractivity contribution >= 4 is 12.0 Å². The Labute approximate surface area is 252 Å². The Bertz CT molecular complexity index is 1240. The lowest BCUT2D eigenvalue weighted by Crippen LogP contribution is -2.46. The van der Waals surface area contributed by atoms with Crippen molar-refractivity contribution in [3.8, 4) is 11.5 Å². The van der Waals surface area contributed by atoms with E-state index in [4.69, 9.17) is 9.47 Å². The third-order valence-electron chi connectivity index (χ3n) is 8.85. The molecule has 2 heterocycles. The van der Waals surface area contributed by atoms with Crippen LogP contribution in [0.15, 0.2) is 72.9 Å². The molecule has 0 unspecified atom stereocenters. The van der Waals surface area contributed by atoms with Gasteiger partial charge in [-0.25, -0.2) is 0 Å². The Morgan fingerprint density at radius 2 is 1.64 bits per heavy atom. The number of likely N-dealkylation sites (N-methyl/N-ethyl adjacent to an activating group) is 1. The number of ether oxygens (including phenoxy) is 2. The van der Waals surface area contributed by atoms with Gasteiger partial charge in [-0.2, -0.15) is 0 Å². The Morgan fingerprint density at radius 1 is 0.952 bits per heavy atom. The van der Waals surface area contributed by atoms with Gasteiger partial charge in [-0.05, 0) is 73.5 Å². The maximum atomic E-state index is 12.3. The van der Waals surface area contributed by atoms with Gasteiger partial charge in [0.1, 0.15) is 6.29 Å². The second-order valence-electron chi connectivity index (χ2n) is 11.2. The number of rotatable bonds is 15. The third-order valence-corrected chi connectivity index (χ3v) is 8.85. The van der Waals surface area contributed by atoms with Crippen molar-refractivity contribution in [3.05, 3.63) is 89.5 Å². The smallest absolute Gasteiger partial charge is 0.161 e. The summed E-state index contributed by atoms with van der Waals surface area (Å²) in [6.07, 6.45) is 6.92. The van der Waals surface area contributed by atoms with Crippen LogP contribution in [0.1, 0.15) is 47.3 Å². The predicted molar refractivity (Wildman–Crippen MR) is 173 cm³/mol. The third kappa shape index (κ3) is 7.33. The maximum Gasteiger partial charge on any atom is 0.161 e. The molecular formula is C35H48N4O3. The Hall–Kier alpha value is -3.39. The van der Waals surface area contributed by atoms with Crippen LogP contribution in [0, 0.1) is 0 Å². The molecule has 2 aromatic carbocycles. The molecule has 7 nitrogen and oxygen atoms in total. The van der Waals surface area contributed by atoms with E-state index in [1.165, 1.54) is 22.4 Å². The number of hydrogen-bond acceptors (Lipinski definition) is 7. The van der Waals surface area contributed by atoms with E-state index in [9.17, 15) is 4.79 Å². The van der Waals surface area contributed by atoms with E-state index in [1.54, 1.807) is 14.2 Å². The van der Waals surface area contributed by atoms with Crippen molar-refractivity contribution < 1.29 is 14.3 Å². The number of anilines is 1. The number of benzene rings is 2. The minimum atomic E-state index is 0.127. The molecule has 0 aromatic heterocycles. The molecule has 2 aliphatic rings. The number of piperazine rings is 1. The van der Waals surface area contributed by atoms with Crippen LogP contribution in [0.4, 0.5) is 5.69 Å². The molecule has 0 saturated carbocycles. The average molecular weight is 573 g/mol. The van der Waals surface area contributed by atoms with E-state index in [0.29, 0.717) is 6.54 Å². The molecule has 0 aliphatic carbocycles. The highest BCUT2D eigenvalue weighted by Gasteiger charge is 2.25. The van der Waals surface area contributed by atoms with Gasteiger partial charge in [0, 0.05) is 63.1 Å². The highest BCUT2D eigenvalue weighted by molar-refractivity contribution is 5.81. The number of aldehydes is 1. The van der Waals surface area contributed by atoms with Gasteiger partial charge >= 0.3 is 0 Å². The number of carbonyl (C=O) groups is 1. The molecule has 1 fully saturated rings. The zero-order valence-corrected chi connectivity index (χ0v) is 26.0. The lowest BCUT2D eigenvalue weighted by Gasteiger charge is -2.38. The molecule has 1 saturated heterocycles. The number of nitrogens with zero attached hydrogens (tertiary/aromatic N) is 4. The molecule has 1 atom stereocenters. The van der Waals surface area contributed by atoms with Crippen LogP contribution in [0.5, 0.6) is 11.5 Å². The van der Waals surface area contributed by atoms with E-state index in [2.05, 4.69) is 64.9 Å². The van der Waals surface area contributed by atoms with Crippen LogP contribution in [-0.4, -0.2) is 94.6 Å². The van der Waals surface area contributed by atoms with E-state index in [1.807, 2.05) is 30.4 Å². The first-order chi connectivity index (χ1) is 20.5. The average Bonchev–Trinajstić information content (AvgIpc) is 3.45. The number of methoxy groups -OCH3 is 2. The quantitative estimate of drug-likeness (QED) is 0.258. The molecule has 2 aliphatic heterocycles. The highest BCUT2D eigenvalue weighted by Crippen LogP contribution is 2.36. The van der Waals surface area contributed by atoms with Crippen LogP contribution >= 0.6 is 0 Å². The topological polar surface area (TPSA) is 48.5 Å². The molecule has 0 amide bonds. The molecule has 4 rings (SSSR count). The normalized spacial score (nSPS) is 17.0. The summed E-state index contributed by atoms with van der Waals surface area (Å²) in [5.74, 6) is 1.45. The summed E-state index contributed by atoms with van der Waals surface area (Å²) in [5.41, 5.74) is 6.76. The van der Waals surface area contributed by atoms with Crippen molar-refractivity contribution in [1.29, 1.82) is 0 Å². The fourth-order valence-electron chi connectivity index (χ4n) is 6.34. The molecule has 0 bridgehead atoms. The van der Waals surface area contributed by atoms with Gasteiger partial charge in [-0.15, -0.1) is 0 Å². The SMILES string of the molecule is C=CC1=C(C=C)CN(CCC[C@H](c2ccc(OC)c(OC)c2)N(C)Cc2c(C=O)cccc2N2CCN(CC)CC2)C1. The fourth-order valence-corrected chi connectivity index (χ4v) is 6.34. The van der Waals surface area contributed by atoms with Gasteiger partial charge in [-0.1, -0.05) is 50.4 Å². The maximum absolute atomic E-state index is 12.3. The minimum absolute atomic E-state index is 0.127. The molecule has 0 radical (unpaired) electrons. The second kappa shape index (κ2) is 15.2. The summed E-state index contributed by atoms with van der Waals surface area (Å²) < 4.78 is 11.2. The Balaban J connectivity index is 1.57. The van der Waals surface area contributed by atoms with Crippen molar-refractivity contribution in [3.63, 3.8) is 0 Å². The number of carbonyl (C=O) groups excluding carboxylic acids is 1. The van der Waals surface area contributed by atoms with Gasteiger partial charge in [0.15, 0.2) is 11.5 Å². The monoisotopic (exact) mass is 572 g/mol. The standard InChI is InChI=1S/C35H48N4O3/c1-7-27-23-38(24-28(27)8-2)17-11-14-32(29-15-16-34(41-5)35(22-29)42-6)36(4)25-31-30(26-40)12-10-13-33(31)39-20-18-37(9-3)19-21-39/h7-8,10,12-13,15-16,22,26,32H,1-2,9,11,14,17-21,23-25H2,3-6H3/t32-/m1/s1. The van der Waals surface area contributed by atoms with Crippen LogP contribution in [0.2, 0.25) is 0 Å². The molecule has 0 N–H and O–H groups in total. The number of hydrogen-bond donors (Lipinski definition) is 0. The van der Waals surface area contributed by atoms with E-state index >= 15 is 0 Å². The van der Waals surface area contributed by atoms with E-state index in [-0.39, 0.29) is 6.04 Å². The largest absolute Gasteiger partial charge is 0.493 e. The first kappa shape index (κ1) is 31.5. The van der Waals surface area contributed by atoms with Crippen molar-refractivity contribution in [2.24, 2.45) is 0 Å². The fraction of sp³-hybridized carbons (Fsp3) is 0.457. The minimum Gasteiger partial charge on any atom is -0.493 e. The molecule has 226 valence electrons. The molecular weight excluding hydrogens is 524 g/mol. The summed E-state index contributed by atoms with van der Waals surface area (Å²) in [5, 5.41) is 0. The lowest BCUT2D eigenvalue weighted by atomic mass is 9.97. The first-order valence-electron chi connectivity index (χ1n) is 15.1. The molecule has 0 spiro atoms. The first-order valence-corrected chi connectivity index (χ1v) is 15.1. The second-order valence-corrected chi connectivity index (χ2v) is 11.2. The van der Waals surface area contributed by atoms with Gasteiger partial charge in [0.25, 0.3) is 0 Å². The molecule has 7 heteroatoms. The zero-order valence-electron chi connectivity index (χ0n) is 26.0. The van der Waals surface area contributed by atoms with Crippen LogP contribution in [-0.2, 0) is 6.54 Å². The summed E-state index contributed by atoms with van der Waals surface area (Å²) in [6, 6.07) is 12.5. The van der Waals surface area contributed by atoms with Crippen molar-refractivity contribution in [2.75, 3.05) is 78.5 Å². The zero-order chi connectivity index (χ0) is 30.1. The highest BCUT2D eigenvalue weighted by atomic mass is 16.5. The molecule has 42 heavy (non-hydrogen) atoms. The molecule has 2 aromatic rings. The summed E-state index contributed by atoms with van der Waals surface area (Å²) in [6.45, 7) is 18.8. The van der Waals surface area contributed by atoms with Gasteiger partial charge in [0.05, 0.1) is 14.2 Å². The lowest BCUT2D eigenvalue weighted by molar-refractivity contribution is 0.112. The van der Waals surface area contributed by atoms with Gasteiger partial charge in [-0.3, -0.25) is 14.6 Å². The van der Waals surface area contributed by atoms with Crippen molar-refractivity contribution in [1.82, 2.24) is 14.7 Å². The van der Waals surface area contributed by atoms with Gasteiger partial charge in [0.2, 0.25) is 0 Å². The van der Waals surface area contributed by atoms with Crippen LogP contribution in [0.25, 0.3) is 0 Å². The summed E-state index contributed by atoms with van der Waals surface area (Å²) in [4.78, 5) is 22.0. The summed E-state index contributed by atoms with van der Waals surface area (Å²) in [7, 11) is 5.52. The Morgan fingerprint density at radius 3 is 2.24 bits per heavy atom. The van der Waals surface area contributed by atoms with Crippen molar-refractivity contribution in [2.45, 2.75) is 32.4 Å². The summed E-state index contributed by atoms with van der Waals surface area (Å²) >= 11 is 0. The van der Waals surface area contributed by atoms with Crippen LogP contribution < -0.4 is 14.4 Å². The Kier molecular flexibility index (Phi) is 11.4. The predicted octanol–water partition coefficient (Wildman–Crippen LogP) is 5.60. The van der Waals surface area contributed by atoms with E-state index < -0.39 is 0 Å². The van der Waals surface area contributed by atoms with Gasteiger partial charge < -0.3 is 19.3 Å².